The smallest absolute Gasteiger partial charge is 0.269 e. The highest BCUT2D eigenvalue weighted by molar-refractivity contribution is 5.85. The van der Waals surface area contributed by atoms with Crippen molar-refractivity contribution >= 4 is 27.5 Å². The van der Waals surface area contributed by atoms with Crippen molar-refractivity contribution in [2.75, 3.05) is 0 Å². The minimum absolute atomic E-state index is 0.0192. The molecule has 0 amide bonds. The monoisotopic (exact) mass is 419 g/mol. The van der Waals surface area contributed by atoms with Gasteiger partial charge >= 0.3 is 0 Å². The molecule has 9 heteroatoms. The maximum atomic E-state index is 10.6. The zero-order chi connectivity index (χ0) is 22.1. The first-order chi connectivity index (χ1) is 14.8. The van der Waals surface area contributed by atoms with Crippen LogP contribution in [0.4, 0.5) is 5.69 Å². The fourth-order valence-electron chi connectivity index (χ4n) is 3.20. The molecule has 3 aromatic carbocycles. The SMILES string of the molecule is O=[N+]([O-])c1ccc(-n2ccc3cc(O)c(O)cc32)cc1.Oc1cc2cc[nH]c2cc1O. The number of aromatic nitrogens is 2. The highest BCUT2D eigenvalue weighted by atomic mass is 16.6. The average molecular weight is 419 g/mol. The van der Waals surface area contributed by atoms with E-state index in [1.165, 1.54) is 36.4 Å². The van der Waals surface area contributed by atoms with Crippen molar-refractivity contribution in [2.24, 2.45) is 0 Å². The van der Waals surface area contributed by atoms with Crippen molar-refractivity contribution in [3.63, 3.8) is 0 Å². The molecular formula is C22H17N3O6. The second kappa shape index (κ2) is 7.64. The van der Waals surface area contributed by atoms with Crippen LogP contribution in [0, 0.1) is 10.1 Å². The van der Waals surface area contributed by atoms with Crippen LogP contribution >= 0.6 is 0 Å². The average Bonchev–Trinajstić information content (AvgIpc) is 3.36. The van der Waals surface area contributed by atoms with Gasteiger partial charge in [0.05, 0.1) is 10.4 Å². The normalized spacial score (nSPS) is 10.7. The number of fused-ring (bicyclic) bond motifs is 2. The van der Waals surface area contributed by atoms with Gasteiger partial charge in [-0.2, -0.15) is 0 Å². The standard InChI is InChI=1S/C14H10N2O4.C8H7NO2/c17-13-7-9-5-6-15(12(9)8-14(13)18)10-1-3-11(4-2-10)16(19)20;10-7-3-5-1-2-9-6(5)4-8(7)11/h1-8,17-18H;1-4,9-11H. The van der Waals surface area contributed by atoms with Crippen molar-refractivity contribution < 1.29 is 25.3 Å². The second-order valence-electron chi connectivity index (χ2n) is 6.76. The van der Waals surface area contributed by atoms with Gasteiger partial charge in [-0.1, -0.05) is 0 Å². The number of aromatic amines is 1. The first kappa shape index (κ1) is 19.6. The van der Waals surface area contributed by atoms with Crippen molar-refractivity contribution in [2.45, 2.75) is 0 Å². The first-order valence-corrected chi connectivity index (χ1v) is 9.10. The van der Waals surface area contributed by atoms with Crippen LogP contribution in [0.15, 0.2) is 73.1 Å². The van der Waals surface area contributed by atoms with E-state index < -0.39 is 4.92 Å². The number of rotatable bonds is 2. The van der Waals surface area contributed by atoms with Gasteiger partial charge in [-0.3, -0.25) is 10.1 Å². The molecule has 9 nitrogen and oxygen atoms in total. The Morgan fingerprint density at radius 2 is 1.39 bits per heavy atom. The number of phenols is 4. The van der Waals surface area contributed by atoms with Crippen LogP contribution in [-0.2, 0) is 0 Å². The Hall–Kier alpha value is -4.66. The number of nitro groups is 1. The molecule has 5 N–H and O–H groups in total. The second-order valence-corrected chi connectivity index (χ2v) is 6.76. The molecule has 0 aliphatic heterocycles. The van der Waals surface area contributed by atoms with Crippen LogP contribution in [0.2, 0.25) is 0 Å². The van der Waals surface area contributed by atoms with Crippen molar-refractivity contribution in [1.29, 1.82) is 0 Å². The number of hydrogen-bond acceptors (Lipinski definition) is 6. The Morgan fingerprint density at radius 3 is 2.06 bits per heavy atom. The minimum atomic E-state index is -0.457. The number of aromatic hydroxyl groups is 4. The summed E-state index contributed by atoms with van der Waals surface area (Å²) in [5.41, 5.74) is 2.27. The van der Waals surface area contributed by atoms with Gasteiger partial charge < -0.3 is 30.0 Å². The Balaban J connectivity index is 0.000000177. The quantitative estimate of drug-likeness (QED) is 0.161. The van der Waals surface area contributed by atoms with E-state index in [0.29, 0.717) is 5.52 Å². The third kappa shape index (κ3) is 3.79. The van der Waals surface area contributed by atoms with Crippen LogP contribution in [0.1, 0.15) is 0 Å². The molecule has 0 saturated heterocycles. The molecule has 0 bridgehead atoms. The minimum Gasteiger partial charge on any atom is -0.504 e. The van der Waals surface area contributed by atoms with Gasteiger partial charge in [-0.05, 0) is 36.4 Å². The summed E-state index contributed by atoms with van der Waals surface area (Å²) in [6.07, 6.45) is 3.52. The van der Waals surface area contributed by atoms with Gasteiger partial charge in [0, 0.05) is 58.6 Å². The summed E-state index contributed by atoms with van der Waals surface area (Å²) in [7, 11) is 0. The predicted molar refractivity (Wildman–Crippen MR) is 115 cm³/mol. The maximum Gasteiger partial charge on any atom is 0.269 e. The number of nitrogens with zero attached hydrogens (tertiary/aromatic N) is 2. The molecule has 0 aliphatic carbocycles. The molecule has 0 saturated carbocycles. The largest absolute Gasteiger partial charge is 0.504 e. The van der Waals surface area contributed by atoms with Gasteiger partial charge in [0.15, 0.2) is 23.0 Å². The van der Waals surface area contributed by atoms with Crippen molar-refractivity contribution in [1.82, 2.24) is 9.55 Å². The molecule has 5 rings (SSSR count). The highest BCUT2D eigenvalue weighted by Crippen LogP contribution is 2.32. The highest BCUT2D eigenvalue weighted by Gasteiger charge is 2.09. The van der Waals surface area contributed by atoms with Gasteiger partial charge in [0.1, 0.15) is 0 Å². The molecule has 0 unspecified atom stereocenters. The summed E-state index contributed by atoms with van der Waals surface area (Å²) in [5, 5.41) is 49.5. The molecule has 31 heavy (non-hydrogen) atoms. The molecule has 0 radical (unpaired) electrons. The van der Waals surface area contributed by atoms with Crippen LogP contribution in [0.3, 0.4) is 0 Å². The summed E-state index contributed by atoms with van der Waals surface area (Å²) in [4.78, 5) is 13.1. The van der Waals surface area contributed by atoms with Gasteiger partial charge in [0.25, 0.3) is 5.69 Å². The van der Waals surface area contributed by atoms with Crippen LogP contribution in [0.25, 0.3) is 27.5 Å². The number of nitrogens with one attached hydrogen (secondary N) is 1. The van der Waals surface area contributed by atoms with Gasteiger partial charge in [-0.15, -0.1) is 0 Å². The van der Waals surface area contributed by atoms with E-state index >= 15 is 0 Å². The molecule has 2 aromatic heterocycles. The zero-order valence-corrected chi connectivity index (χ0v) is 15.9. The summed E-state index contributed by atoms with van der Waals surface area (Å²) >= 11 is 0. The Kier molecular flexibility index (Phi) is 4.84. The van der Waals surface area contributed by atoms with Crippen molar-refractivity contribution in [3.8, 4) is 28.7 Å². The molecule has 2 heterocycles. The van der Waals surface area contributed by atoms with Gasteiger partial charge in [0.2, 0.25) is 0 Å². The number of non-ortho nitro benzene ring substituents is 1. The summed E-state index contributed by atoms with van der Waals surface area (Å²) in [6.45, 7) is 0. The molecule has 0 spiro atoms. The lowest BCUT2D eigenvalue weighted by Gasteiger charge is -2.06. The molecule has 5 aromatic rings. The number of phenolic OH excluding ortho intramolecular Hbond substituents is 4. The summed E-state index contributed by atoms with van der Waals surface area (Å²) < 4.78 is 1.78. The molecular weight excluding hydrogens is 402 g/mol. The Morgan fingerprint density at radius 1 is 0.774 bits per heavy atom. The van der Waals surface area contributed by atoms with E-state index in [-0.39, 0.29) is 28.7 Å². The Bertz CT molecular complexity index is 1370. The van der Waals surface area contributed by atoms with Gasteiger partial charge in [-0.25, -0.2) is 0 Å². The number of benzene rings is 3. The molecule has 0 atom stereocenters. The fourth-order valence-corrected chi connectivity index (χ4v) is 3.20. The van der Waals surface area contributed by atoms with E-state index in [9.17, 15) is 20.3 Å². The molecule has 0 aliphatic rings. The Labute approximate surface area is 174 Å². The van der Waals surface area contributed by atoms with E-state index in [1.807, 2.05) is 6.07 Å². The lowest BCUT2D eigenvalue weighted by Crippen LogP contribution is -1.93. The predicted octanol–water partition coefficient (Wildman–Crippen LogP) is 4.53. The third-order valence-electron chi connectivity index (χ3n) is 4.77. The number of H-pyrrole nitrogens is 1. The van der Waals surface area contributed by atoms with E-state index in [4.69, 9.17) is 10.2 Å². The summed E-state index contributed by atoms with van der Waals surface area (Å²) in [5.74, 6) is -0.574. The molecule has 156 valence electrons. The van der Waals surface area contributed by atoms with E-state index in [1.54, 1.807) is 35.2 Å². The topological polar surface area (TPSA) is 145 Å². The van der Waals surface area contributed by atoms with Crippen LogP contribution < -0.4 is 0 Å². The number of nitro benzene ring substituents is 1. The lowest BCUT2D eigenvalue weighted by atomic mass is 10.2. The lowest BCUT2D eigenvalue weighted by molar-refractivity contribution is -0.384. The maximum absolute atomic E-state index is 10.6. The van der Waals surface area contributed by atoms with Crippen LogP contribution in [0.5, 0.6) is 23.0 Å². The van der Waals surface area contributed by atoms with Crippen molar-refractivity contribution in [3.05, 3.63) is 83.2 Å². The third-order valence-corrected chi connectivity index (χ3v) is 4.77. The fraction of sp³-hybridized carbons (Fsp3) is 0. The first-order valence-electron chi connectivity index (χ1n) is 9.10. The van der Waals surface area contributed by atoms with E-state index in [0.717, 1.165) is 22.0 Å². The van der Waals surface area contributed by atoms with E-state index in [2.05, 4.69) is 4.98 Å². The van der Waals surface area contributed by atoms with Crippen LogP contribution in [-0.4, -0.2) is 34.9 Å². The number of hydrogen-bond donors (Lipinski definition) is 5. The molecule has 0 fully saturated rings. The summed E-state index contributed by atoms with van der Waals surface area (Å²) in [6, 6.07) is 15.6. The zero-order valence-electron chi connectivity index (χ0n) is 15.9.